The standard InChI is InChI=1S/C22H21N3O2S/c1-13-17(21(27)25-22(23-13)28-2)9-10-20(26)24-16-7-8-19-15(12-16)11-14-5-3-4-6-18(14)19/h3-8,12H,9-11H2,1-2H3,(H,24,26)(H,23,25,27). The molecule has 0 spiro atoms. The van der Waals surface area contributed by atoms with Crippen molar-refractivity contribution in [3.8, 4) is 11.1 Å². The fourth-order valence-electron chi connectivity index (χ4n) is 3.66. The Morgan fingerprint density at radius 1 is 1.18 bits per heavy atom. The lowest BCUT2D eigenvalue weighted by Crippen LogP contribution is -2.20. The number of carbonyl (C=O) groups is 1. The van der Waals surface area contributed by atoms with Crippen molar-refractivity contribution in [3.63, 3.8) is 0 Å². The van der Waals surface area contributed by atoms with Gasteiger partial charge in [-0.2, -0.15) is 0 Å². The number of benzene rings is 2. The van der Waals surface area contributed by atoms with Crippen molar-refractivity contribution in [1.82, 2.24) is 9.97 Å². The summed E-state index contributed by atoms with van der Waals surface area (Å²) in [4.78, 5) is 31.7. The zero-order valence-electron chi connectivity index (χ0n) is 15.8. The lowest BCUT2D eigenvalue weighted by atomic mass is 10.1. The van der Waals surface area contributed by atoms with E-state index in [0.29, 0.717) is 22.8 Å². The van der Waals surface area contributed by atoms with Crippen LogP contribution in [0.5, 0.6) is 0 Å². The van der Waals surface area contributed by atoms with Crippen LogP contribution in [-0.2, 0) is 17.6 Å². The zero-order valence-corrected chi connectivity index (χ0v) is 16.7. The largest absolute Gasteiger partial charge is 0.326 e. The highest BCUT2D eigenvalue weighted by molar-refractivity contribution is 7.98. The SMILES string of the molecule is CSc1nc(C)c(CCC(=O)Nc2ccc3c(c2)Cc2ccccc2-3)c(=O)[nH]1. The van der Waals surface area contributed by atoms with Gasteiger partial charge < -0.3 is 10.3 Å². The van der Waals surface area contributed by atoms with Crippen LogP contribution in [0.25, 0.3) is 11.1 Å². The van der Waals surface area contributed by atoms with E-state index in [1.807, 2.05) is 24.5 Å². The molecule has 2 N–H and O–H groups in total. The Kier molecular flexibility index (Phi) is 5.05. The second-order valence-corrected chi connectivity index (χ2v) is 7.69. The highest BCUT2D eigenvalue weighted by Crippen LogP contribution is 2.37. The summed E-state index contributed by atoms with van der Waals surface area (Å²) < 4.78 is 0. The predicted molar refractivity (Wildman–Crippen MR) is 113 cm³/mol. The quantitative estimate of drug-likeness (QED) is 0.399. The molecule has 1 heterocycles. The summed E-state index contributed by atoms with van der Waals surface area (Å²) in [6, 6.07) is 14.4. The number of thioether (sulfide) groups is 1. The van der Waals surface area contributed by atoms with Crippen LogP contribution in [0, 0.1) is 6.92 Å². The topological polar surface area (TPSA) is 74.8 Å². The molecule has 0 unspecified atom stereocenters. The highest BCUT2D eigenvalue weighted by Gasteiger charge is 2.18. The second kappa shape index (κ2) is 7.64. The Labute approximate surface area is 167 Å². The van der Waals surface area contributed by atoms with Crippen molar-refractivity contribution in [2.24, 2.45) is 0 Å². The van der Waals surface area contributed by atoms with Crippen LogP contribution in [0.15, 0.2) is 52.4 Å². The number of amides is 1. The van der Waals surface area contributed by atoms with Gasteiger partial charge >= 0.3 is 0 Å². The summed E-state index contributed by atoms with van der Waals surface area (Å²) >= 11 is 1.39. The van der Waals surface area contributed by atoms with Crippen LogP contribution < -0.4 is 10.9 Å². The van der Waals surface area contributed by atoms with Gasteiger partial charge in [0, 0.05) is 23.4 Å². The number of hydrogen-bond donors (Lipinski definition) is 2. The number of aryl methyl sites for hydroxylation is 1. The molecule has 1 aliphatic carbocycles. The third-order valence-corrected chi connectivity index (χ3v) is 5.65. The fourth-order valence-corrected chi connectivity index (χ4v) is 4.08. The maximum absolute atomic E-state index is 12.4. The Balaban J connectivity index is 1.43. The molecular weight excluding hydrogens is 370 g/mol. The van der Waals surface area contributed by atoms with E-state index in [2.05, 4.69) is 39.6 Å². The van der Waals surface area contributed by atoms with E-state index in [1.54, 1.807) is 6.92 Å². The molecule has 0 bridgehead atoms. The first kappa shape index (κ1) is 18.5. The van der Waals surface area contributed by atoms with Gasteiger partial charge in [0.2, 0.25) is 5.91 Å². The van der Waals surface area contributed by atoms with Gasteiger partial charge in [-0.05, 0) is 60.4 Å². The number of carbonyl (C=O) groups excluding carboxylic acids is 1. The average molecular weight is 391 g/mol. The normalized spacial score (nSPS) is 11.8. The maximum Gasteiger partial charge on any atom is 0.254 e. The first-order chi connectivity index (χ1) is 13.5. The number of nitrogens with zero attached hydrogens (tertiary/aromatic N) is 1. The fraction of sp³-hybridized carbons (Fsp3) is 0.227. The summed E-state index contributed by atoms with van der Waals surface area (Å²) in [7, 11) is 0. The number of nitrogens with one attached hydrogen (secondary N) is 2. The van der Waals surface area contributed by atoms with Crippen LogP contribution in [0.4, 0.5) is 5.69 Å². The van der Waals surface area contributed by atoms with E-state index in [1.165, 1.54) is 34.0 Å². The van der Waals surface area contributed by atoms with E-state index in [4.69, 9.17) is 0 Å². The van der Waals surface area contributed by atoms with E-state index in [-0.39, 0.29) is 17.9 Å². The molecule has 0 saturated heterocycles. The molecule has 0 atom stereocenters. The van der Waals surface area contributed by atoms with E-state index >= 15 is 0 Å². The predicted octanol–water partition coefficient (Wildman–Crippen LogP) is 3.94. The number of aromatic amines is 1. The molecule has 0 saturated carbocycles. The van der Waals surface area contributed by atoms with Gasteiger partial charge in [-0.25, -0.2) is 4.98 Å². The summed E-state index contributed by atoms with van der Waals surface area (Å²) in [5.41, 5.74) is 6.91. The van der Waals surface area contributed by atoms with Gasteiger partial charge in [0.15, 0.2) is 5.16 Å². The van der Waals surface area contributed by atoms with Gasteiger partial charge in [0.05, 0.1) is 0 Å². The molecule has 0 radical (unpaired) electrons. The number of H-pyrrole nitrogens is 1. The van der Waals surface area contributed by atoms with Gasteiger partial charge in [0.25, 0.3) is 5.56 Å². The minimum absolute atomic E-state index is 0.108. The summed E-state index contributed by atoms with van der Waals surface area (Å²) in [6.07, 6.45) is 3.35. The lowest BCUT2D eigenvalue weighted by molar-refractivity contribution is -0.116. The Hall–Kier alpha value is -2.86. The number of anilines is 1. The number of aromatic nitrogens is 2. The first-order valence-electron chi connectivity index (χ1n) is 9.20. The average Bonchev–Trinajstić information content (AvgIpc) is 3.04. The molecule has 5 nitrogen and oxygen atoms in total. The maximum atomic E-state index is 12.4. The number of hydrogen-bond acceptors (Lipinski definition) is 4. The molecule has 4 rings (SSSR count). The van der Waals surface area contributed by atoms with Gasteiger partial charge in [-0.15, -0.1) is 0 Å². The van der Waals surface area contributed by atoms with Crippen LogP contribution in [-0.4, -0.2) is 22.1 Å². The smallest absolute Gasteiger partial charge is 0.254 e. The Morgan fingerprint density at radius 3 is 2.75 bits per heavy atom. The van der Waals surface area contributed by atoms with E-state index in [9.17, 15) is 9.59 Å². The van der Waals surface area contributed by atoms with E-state index in [0.717, 1.165) is 12.1 Å². The number of fused-ring (bicyclic) bond motifs is 3. The number of rotatable bonds is 5. The molecule has 6 heteroatoms. The second-order valence-electron chi connectivity index (χ2n) is 6.89. The van der Waals surface area contributed by atoms with Crippen molar-refractivity contribution in [1.29, 1.82) is 0 Å². The van der Waals surface area contributed by atoms with Crippen LogP contribution in [0.3, 0.4) is 0 Å². The van der Waals surface area contributed by atoms with Crippen LogP contribution in [0.2, 0.25) is 0 Å². The highest BCUT2D eigenvalue weighted by atomic mass is 32.2. The van der Waals surface area contributed by atoms with Gasteiger partial charge in [0.1, 0.15) is 0 Å². The van der Waals surface area contributed by atoms with Crippen LogP contribution >= 0.6 is 11.8 Å². The summed E-state index contributed by atoms with van der Waals surface area (Å²) in [6.45, 7) is 1.81. The third kappa shape index (κ3) is 3.60. The van der Waals surface area contributed by atoms with Crippen molar-refractivity contribution in [2.45, 2.75) is 31.3 Å². The molecule has 28 heavy (non-hydrogen) atoms. The first-order valence-corrected chi connectivity index (χ1v) is 10.4. The van der Waals surface area contributed by atoms with E-state index < -0.39 is 0 Å². The molecule has 142 valence electrons. The zero-order chi connectivity index (χ0) is 19.7. The van der Waals surface area contributed by atoms with Crippen molar-refractivity contribution < 1.29 is 4.79 Å². The summed E-state index contributed by atoms with van der Waals surface area (Å²) in [5.74, 6) is -0.108. The van der Waals surface area contributed by atoms with Crippen LogP contribution in [0.1, 0.15) is 28.8 Å². The third-order valence-electron chi connectivity index (χ3n) is 5.07. The van der Waals surface area contributed by atoms with Crippen molar-refractivity contribution in [2.75, 3.05) is 11.6 Å². The molecule has 0 aliphatic heterocycles. The Bertz CT molecular complexity index is 1120. The molecule has 2 aromatic carbocycles. The Morgan fingerprint density at radius 2 is 1.96 bits per heavy atom. The lowest BCUT2D eigenvalue weighted by Gasteiger charge is -2.09. The molecule has 1 aromatic heterocycles. The van der Waals surface area contributed by atoms with Gasteiger partial charge in [-0.1, -0.05) is 42.1 Å². The van der Waals surface area contributed by atoms with Gasteiger partial charge in [-0.3, -0.25) is 9.59 Å². The van der Waals surface area contributed by atoms with Crippen molar-refractivity contribution >= 4 is 23.4 Å². The molecule has 1 amide bonds. The molecule has 1 aliphatic rings. The minimum atomic E-state index is -0.167. The minimum Gasteiger partial charge on any atom is -0.326 e. The monoisotopic (exact) mass is 391 g/mol. The molecule has 0 fully saturated rings. The summed E-state index contributed by atoms with van der Waals surface area (Å²) in [5, 5.41) is 3.55. The van der Waals surface area contributed by atoms with Crippen molar-refractivity contribution in [3.05, 3.63) is 75.2 Å². The molecule has 3 aromatic rings. The molecular formula is C22H21N3O2S.